The van der Waals surface area contributed by atoms with E-state index in [2.05, 4.69) is 0 Å². The van der Waals surface area contributed by atoms with Crippen molar-refractivity contribution >= 4 is 16.7 Å². The Balaban J connectivity index is 1.53. The Bertz CT molecular complexity index is 650. The van der Waals surface area contributed by atoms with Crippen LogP contribution in [0, 0.1) is 5.92 Å². The second kappa shape index (κ2) is 7.64. The lowest BCUT2D eigenvalue weighted by Crippen LogP contribution is -2.28. The van der Waals surface area contributed by atoms with E-state index >= 15 is 0 Å². The number of amides is 1. The van der Waals surface area contributed by atoms with Gasteiger partial charge in [-0.1, -0.05) is 43.5 Å². The average molecular weight is 314 g/mol. The number of fused-ring (bicyclic) bond motifs is 1. The fourth-order valence-electron chi connectivity index (χ4n) is 3.49. The van der Waals surface area contributed by atoms with Crippen LogP contribution in [0.1, 0.15) is 49.1 Å². The lowest BCUT2D eigenvalue weighted by Gasteiger charge is -2.15. The summed E-state index contributed by atoms with van der Waals surface area (Å²) < 4.78 is 5.55. The molecule has 0 spiro atoms. The van der Waals surface area contributed by atoms with Gasteiger partial charge in [0.05, 0.1) is 6.26 Å². The minimum absolute atomic E-state index is 0.0387. The van der Waals surface area contributed by atoms with Gasteiger partial charge < -0.3 is 15.1 Å². The first kappa shape index (κ1) is 16.1. The molecule has 1 aromatic heterocycles. The Labute approximate surface area is 137 Å². The molecule has 1 aliphatic heterocycles. The topological polar surface area (TPSA) is 59.5 Å². The number of carbonyl (C=O) groups is 1. The second-order valence-corrected chi connectivity index (χ2v) is 6.55. The fourth-order valence-corrected chi connectivity index (χ4v) is 3.49. The maximum atomic E-state index is 12.7. The van der Waals surface area contributed by atoms with Gasteiger partial charge in [-0.25, -0.2) is 0 Å². The molecule has 2 N–H and O–H groups in total. The van der Waals surface area contributed by atoms with Gasteiger partial charge in [0.1, 0.15) is 0 Å². The van der Waals surface area contributed by atoms with E-state index in [1.54, 1.807) is 6.26 Å². The summed E-state index contributed by atoms with van der Waals surface area (Å²) in [5.41, 5.74) is 5.52. The SMILES string of the molecule is NCCCCCCC1CCN(C(=O)c2occ3ccccc23)C1. The molecule has 4 heteroatoms. The Morgan fingerprint density at radius 3 is 2.91 bits per heavy atom. The third kappa shape index (κ3) is 3.75. The minimum atomic E-state index is 0.0387. The van der Waals surface area contributed by atoms with Crippen LogP contribution in [-0.2, 0) is 0 Å². The number of rotatable bonds is 7. The Hall–Kier alpha value is -1.81. The summed E-state index contributed by atoms with van der Waals surface area (Å²) >= 11 is 0. The van der Waals surface area contributed by atoms with Gasteiger partial charge >= 0.3 is 0 Å². The largest absolute Gasteiger partial charge is 0.458 e. The molecule has 0 saturated carbocycles. The highest BCUT2D eigenvalue weighted by Gasteiger charge is 2.29. The van der Waals surface area contributed by atoms with Crippen LogP contribution in [-0.4, -0.2) is 30.4 Å². The second-order valence-electron chi connectivity index (χ2n) is 6.55. The molecule has 4 nitrogen and oxygen atoms in total. The van der Waals surface area contributed by atoms with E-state index in [9.17, 15) is 4.79 Å². The molecule has 1 amide bonds. The van der Waals surface area contributed by atoms with Crippen molar-refractivity contribution in [3.05, 3.63) is 36.3 Å². The number of likely N-dealkylation sites (tertiary alicyclic amines) is 1. The van der Waals surface area contributed by atoms with Crippen LogP contribution in [0.25, 0.3) is 10.8 Å². The zero-order valence-corrected chi connectivity index (χ0v) is 13.7. The van der Waals surface area contributed by atoms with Crippen LogP contribution in [0.2, 0.25) is 0 Å². The normalized spacial score (nSPS) is 18.0. The van der Waals surface area contributed by atoms with Gasteiger partial charge in [-0.15, -0.1) is 0 Å². The first-order valence-electron chi connectivity index (χ1n) is 8.75. The maximum absolute atomic E-state index is 12.7. The lowest BCUT2D eigenvalue weighted by atomic mass is 10.00. The molecule has 1 fully saturated rings. The van der Waals surface area contributed by atoms with Crippen LogP contribution >= 0.6 is 0 Å². The van der Waals surface area contributed by atoms with E-state index in [1.165, 1.54) is 25.7 Å². The molecule has 1 unspecified atom stereocenters. The Morgan fingerprint density at radius 1 is 1.22 bits per heavy atom. The van der Waals surface area contributed by atoms with E-state index in [-0.39, 0.29) is 5.91 Å². The van der Waals surface area contributed by atoms with Gasteiger partial charge in [-0.2, -0.15) is 0 Å². The fraction of sp³-hybridized carbons (Fsp3) is 0.526. The third-order valence-electron chi connectivity index (χ3n) is 4.84. The van der Waals surface area contributed by atoms with Crippen molar-refractivity contribution < 1.29 is 9.21 Å². The summed E-state index contributed by atoms with van der Waals surface area (Å²) in [6.07, 6.45) is 8.86. The van der Waals surface area contributed by atoms with Crippen molar-refractivity contribution in [1.82, 2.24) is 4.90 Å². The van der Waals surface area contributed by atoms with E-state index in [4.69, 9.17) is 10.2 Å². The van der Waals surface area contributed by atoms with Crippen LogP contribution < -0.4 is 5.73 Å². The van der Waals surface area contributed by atoms with Crippen LogP contribution in [0.4, 0.5) is 0 Å². The molecule has 2 aromatic rings. The molecule has 1 aromatic carbocycles. The molecule has 23 heavy (non-hydrogen) atoms. The van der Waals surface area contributed by atoms with E-state index in [0.29, 0.717) is 11.7 Å². The van der Waals surface area contributed by atoms with Crippen molar-refractivity contribution in [2.24, 2.45) is 11.7 Å². The van der Waals surface area contributed by atoms with Crippen LogP contribution in [0.15, 0.2) is 34.9 Å². The summed E-state index contributed by atoms with van der Waals surface area (Å²) in [5.74, 6) is 1.17. The van der Waals surface area contributed by atoms with Gasteiger partial charge in [0, 0.05) is 23.9 Å². The number of nitrogens with zero attached hydrogens (tertiary/aromatic N) is 1. The lowest BCUT2D eigenvalue weighted by molar-refractivity contribution is 0.0757. The Kier molecular flexibility index (Phi) is 5.34. The highest BCUT2D eigenvalue weighted by molar-refractivity contribution is 6.04. The van der Waals surface area contributed by atoms with Crippen molar-refractivity contribution in [2.45, 2.75) is 38.5 Å². The zero-order chi connectivity index (χ0) is 16.1. The zero-order valence-electron chi connectivity index (χ0n) is 13.7. The van der Waals surface area contributed by atoms with Gasteiger partial charge in [0.15, 0.2) is 5.76 Å². The van der Waals surface area contributed by atoms with Gasteiger partial charge in [0.2, 0.25) is 0 Å². The number of hydrogen-bond acceptors (Lipinski definition) is 3. The number of unbranched alkanes of at least 4 members (excludes halogenated alkanes) is 3. The highest BCUT2D eigenvalue weighted by atomic mass is 16.3. The molecule has 1 atom stereocenters. The molecule has 1 saturated heterocycles. The van der Waals surface area contributed by atoms with Crippen molar-refractivity contribution in [2.75, 3.05) is 19.6 Å². The summed E-state index contributed by atoms with van der Waals surface area (Å²) in [7, 11) is 0. The van der Waals surface area contributed by atoms with Crippen molar-refractivity contribution in [3.8, 4) is 0 Å². The summed E-state index contributed by atoms with van der Waals surface area (Å²) in [4.78, 5) is 14.7. The molecule has 0 radical (unpaired) electrons. The molecular weight excluding hydrogens is 288 g/mol. The first-order valence-corrected chi connectivity index (χ1v) is 8.75. The predicted octanol–water partition coefficient (Wildman–Crippen LogP) is 3.80. The average Bonchev–Trinajstić information content (AvgIpc) is 3.21. The molecule has 1 aliphatic rings. The summed E-state index contributed by atoms with van der Waals surface area (Å²) in [6, 6.07) is 7.84. The standard InChI is InChI=1S/C19H26N2O2/c20-11-6-2-1-3-7-15-10-12-21(13-15)19(22)18-17-9-5-4-8-16(17)14-23-18/h4-5,8-9,14-15H,1-3,6-7,10-13,20H2. The number of carbonyl (C=O) groups excluding carboxylic acids is 1. The predicted molar refractivity (Wildman–Crippen MR) is 92.4 cm³/mol. The van der Waals surface area contributed by atoms with Gasteiger partial charge in [-0.3, -0.25) is 4.79 Å². The first-order chi connectivity index (χ1) is 11.3. The molecule has 3 rings (SSSR count). The van der Waals surface area contributed by atoms with E-state index < -0.39 is 0 Å². The van der Waals surface area contributed by atoms with Crippen LogP contribution in [0.3, 0.4) is 0 Å². The molecule has 2 heterocycles. The number of hydrogen-bond donors (Lipinski definition) is 1. The minimum Gasteiger partial charge on any atom is -0.458 e. The Morgan fingerprint density at radius 2 is 2.04 bits per heavy atom. The summed E-state index contributed by atoms with van der Waals surface area (Å²) in [6.45, 7) is 2.51. The quantitative estimate of drug-likeness (QED) is 0.791. The van der Waals surface area contributed by atoms with Crippen molar-refractivity contribution in [1.29, 1.82) is 0 Å². The number of furan rings is 1. The molecule has 0 aliphatic carbocycles. The molecular formula is C19H26N2O2. The number of nitrogens with two attached hydrogens (primary N) is 1. The van der Waals surface area contributed by atoms with Gasteiger partial charge in [0.25, 0.3) is 5.91 Å². The summed E-state index contributed by atoms with van der Waals surface area (Å²) in [5, 5.41) is 1.91. The number of benzene rings is 1. The van der Waals surface area contributed by atoms with Crippen LogP contribution in [0.5, 0.6) is 0 Å². The molecule has 124 valence electrons. The maximum Gasteiger partial charge on any atom is 0.290 e. The van der Waals surface area contributed by atoms with Crippen molar-refractivity contribution in [3.63, 3.8) is 0 Å². The molecule has 0 bridgehead atoms. The van der Waals surface area contributed by atoms with Gasteiger partial charge in [-0.05, 0) is 31.7 Å². The third-order valence-corrected chi connectivity index (χ3v) is 4.84. The smallest absolute Gasteiger partial charge is 0.290 e. The monoisotopic (exact) mass is 314 g/mol. The highest BCUT2D eigenvalue weighted by Crippen LogP contribution is 2.27. The van der Waals surface area contributed by atoms with E-state index in [0.717, 1.165) is 43.2 Å². The van der Waals surface area contributed by atoms with E-state index in [1.807, 2.05) is 29.2 Å².